The van der Waals surface area contributed by atoms with Crippen molar-refractivity contribution in [3.8, 4) is 5.75 Å². The number of alkyl halides is 3. The number of nitrogens with zero attached hydrogens (tertiary/aromatic N) is 3. The molecule has 0 atom stereocenters. The minimum Gasteiger partial charge on any atom is -0.497 e. The lowest BCUT2D eigenvalue weighted by atomic mass is 10.1. The van der Waals surface area contributed by atoms with Crippen LogP contribution in [0.4, 0.5) is 13.2 Å². The average molecular weight is 429 g/mol. The highest BCUT2D eigenvalue weighted by Crippen LogP contribution is 2.32. The molecule has 154 valence electrons. The van der Waals surface area contributed by atoms with Crippen LogP contribution in [0, 0.1) is 0 Å². The number of ether oxygens (including phenoxy) is 1. The van der Waals surface area contributed by atoms with E-state index in [0.717, 1.165) is 33.6 Å². The fourth-order valence-corrected chi connectivity index (χ4v) is 4.11. The molecule has 0 saturated heterocycles. The summed E-state index contributed by atoms with van der Waals surface area (Å²) >= 11 is 1.40. The molecule has 0 bridgehead atoms. The predicted molar refractivity (Wildman–Crippen MR) is 111 cm³/mol. The van der Waals surface area contributed by atoms with E-state index in [0.29, 0.717) is 17.9 Å². The van der Waals surface area contributed by atoms with Gasteiger partial charge >= 0.3 is 6.18 Å². The Bertz CT molecular complexity index is 1170. The lowest BCUT2D eigenvalue weighted by Crippen LogP contribution is -2.05. The molecule has 0 N–H and O–H groups in total. The normalized spacial score (nSPS) is 11.7. The minimum atomic E-state index is -4.36. The third kappa shape index (κ3) is 4.43. The fourth-order valence-electron chi connectivity index (χ4n) is 3.15. The number of rotatable bonds is 6. The van der Waals surface area contributed by atoms with Crippen molar-refractivity contribution in [2.75, 3.05) is 7.11 Å². The number of fused-ring (bicyclic) bond motifs is 1. The molecule has 2 aromatic carbocycles. The quantitative estimate of drug-likeness (QED) is 0.363. The molecule has 0 fully saturated rings. The first-order chi connectivity index (χ1) is 14.4. The van der Waals surface area contributed by atoms with Gasteiger partial charge in [0.15, 0.2) is 5.16 Å². The number of hydrogen-bond donors (Lipinski definition) is 0. The summed E-state index contributed by atoms with van der Waals surface area (Å²) in [7, 11) is 1.62. The molecular weight excluding hydrogens is 411 g/mol. The molecule has 8 heteroatoms. The van der Waals surface area contributed by atoms with Crippen molar-refractivity contribution < 1.29 is 17.9 Å². The second kappa shape index (κ2) is 8.39. The number of hydrogen-bond acceptors (Lipinski definition) is 4. The van der Waals surface area contributed by atoms with Crippen LogP contribution in [0.3, 0.4) is 0 Å². The Kier molecular flexibility index (Phi) is 5.67. The van der Waals surface area contributed by atoms with Gasteiger partial charge in [-0.1, -0.05) is 42.1 Å². The van der Waals surface area contributed by atoms with Crippen LogP contribution in [0.25, 0.3) is 11.0 Å². The molecule has 30 heavy (non-hydrogen) atoms. The SMILES string of the molecule is COc1cccc(Cn2c(SCc3cccc(C(F)(F)F)c3)nc3ccncc32)c1. The summed E-state index contributed by atoms with van der Waals surface area (Å²) in [6.07, 6.45) is -0.935. The van der Waals surface area contributed by atoms with Gasteiger partial charge in [0, 0.05) is 11.9 Å². The summed E-state index contributed by atoms with van der Waals surface area (Å²) in [5, 5.41) is 0.721. The van der Waals surface area contributed by atoms with E-state index in [9.17, 15) is 13.2 Å². The molecule has 0 amide bonds. The highest BCUT2D eigenvalue weighted by molar-refractivity contribution is 7.98. The van der Waals surface area contributed by atoms with Crippen LogP contribution in [0.15, 0.2) is 72.1 Å². The largest absolute Gasteiger partial charge is 0.497 e. The zero-order valence-corrected chi connectivity index (χ0v) is 16.9. The Morgan fingerprint density at radius 1 is 1.03 bits per heavy atom. The van der Waals surface area contributed by atoms with Gasteiger partial charge in [-0.15, -0.1) is 0 Å². The number of benzene rings is 2. The fraction of sp³-hybridized carbons (Fsp3) is 0.182. The lowest BCUT2D eigenvalue weighted by Gasteiger charge is -2.11. The van der Waals surface area contributed by atoms with E-state index >= 15 is 0 Å². The molecule has 4 nitrogen and oxygen atoms in total. The number of halogens is 3. The van der Waals surface area contributed by atoms with Crippen molar-refractivity contribution in [3.63, 3.8) is 0 Å². The summed E-state index contributed by atoms with van der Waals surface area (Å²) in [5.74, 6) is 1.13. The zero-order chi connectivity index (χ0) is 21.1. The van der Waals surface area contributed by atoms with Gasteiger partial charge < -0.3 is 9.30 Å². The summed E-state index contributed by atoms with van der Waals surface area (Å²) < 4.78 is 46.3. The lowest BCUT2D eigenvalue weighted by molar-refractivity contribution is -0.137. The smallest absolute Gasteiger partial charge is 0.416 e. The van der Waals surface area contributed by atoms with Gasteiger partial charge in [-0.25, -0.2) is 4.98 Å². The Hall–Kier alpha value is -3.00. The Labute approximate surface area is 175 Å². The van der Waals surface area contributed by atoms with E-state index < -0.39 is 11.7 Å². The molecule has 4 aromatic rings. The molecule has 0 radical (unpaired) electrons. The number of aromatic nitrogens is 3. The number of pyridine rings is 1. The van der Waals surface area contributed by atoms with Gasteiger partial charge in [0.2, 0.25) is 0 Å². The van der Waals surface area contributed by atoms with Crippen LogP contribution < -0.4 is 4.74 Å². The van der Waals surface area contributed by atoms with Gasteiger partial charge in [-0.3, -0.25) is 4.98 Å². The molecule has 0 aliphatic rings. The summed E-state index contributed by atoms with van der Waals surface area (Å²) in [6, 6.07) is 14.9. The maximum atomic E-state index is 13.0. The molecular formula is C22H18F3N3OS. The zero-order valence-electron chi connectivity index (χ0n) is 16.1. The maximum Gasteiger partial charge on any atom is 0.416 e. The second-order valence-electron chi connectivity index (χ2n) is 6.68. The van der Waals surface area contributed by atoms with Crippen molar-refractivity contribution in [1.82, 2.24) is 14.5 Å². The van der Waals surface area contributed by atoms with Crippen molar-refractivity contribution in [2.45, 2.75) is 23.6 Å². The number of thioether (sulfide) groups is 1. The molecule has 4 rings (SSSR count). The van der Waals surface area contributed by atoms with Gasteiger partial charge in [0.25, 0.3) is 0 Å². The van der Waals surface area contributed by atoms with E-state index in [2.05, 4.69) is 9.97 Å². The minimum absolute atomic E-state index is 0.374. The Morgan fingerprint density at radius 2 is 1.83 bits per heavy atom. The molecule has 0 aliphatic carbocycles. The van der Waals surface area contributed by atoms with Crippen LogP contribution in [-0.2, 0) is 18.5 Å². The third-order valence-corrected chi connectivity index (χ3v) is 5.66. The first kappa shape index (κ1) is 20.3. The van der Waals surface area contributed by atoms with E-state index in [-0.39, 0.29) is 0 Å². The number of imidazole rings is 1. The summed E-state index contributed by atoms with van der Waals surface area (Å²) in [6.45, 7) is 0.546. The van der Waals surface area contributed by atoms with Crippen molar-refractivity contribution in [2.24, 2.45) is 0 Å². The van der Waals surface area contributed by atoms with Crippen LogP contribution in [0.2, 0.25) is 0 Å². The first-order valence-electron chi connectivity index (χ1n) is 9.16. The summed E-state index contributed by atoms with van der Waals surface area (Å²) in [5.41, 5.74) is 2.63. The van der Waals surface area contributed by atoms with Gasteiger partial charge in [0.05, 0.1) is 36.4 Å². The van der Waals surface area contributed by atoms with Gasteiger partial charge in [0.1, 0.15) is 5.75 Å². The molecule has 2 heterocycles. The van der Waals surface area contributed by atoms with Crippen LogP contribution in [-0.4, -0.2) is 21.6 Å². The molecule has 0 spiro atoms. The van der Waals surface area contributed by atoms with Gasteiger partial charge in [-0.2, -0.15) is 13.2 Å². The second-order valence-corrected chi connectivity index (χ2v) is 7.63. The average Bonchev–Trinajstić information content (AvgIpc) is 3.09. The first-order valence-corrected chi connectivity index (χ1v) is 10.1. The monoisotopic (exact) mass is 429 g/mol. The molecule has 2 aromatic heterocycles. The standard InChI is InChI=1S/C22H18F3N3OS/c1-29-18-7-3-4-15(11-18)13-28-20-12-26-9-8-19(20)27-21(28)30-14-16-5-2-6-17(10-16)22(23,24)25/h2-12H,13-14H2,1H3. The maximum absolute atomic E-state index is 13.0. The highest BCUT2D eigenvalue weighted by atomic mass is 32.2. The van der Waals surface area contributed by atoms with Crippen molar-refractivity contribution in [3.05, 3.63) is 83.7 Å². The van der Waals surface area contributed by atoms with E-state index in [1.54, 1.807) is 25.6 Å². The van der Waals surface area contributed by atoms with Crippen LogP contribution in [0.1, 0.15) is 16.7 Å². The van der Waals surface area contributed by atoms with E-state index in [4.69, 9.17) is 4.74 Å². The highest BCUT2D eigenvalue weighted by Gasteiger charge is 2.30. The van der Waals surface area contributed by atoms with E-state index in [1.165, 1.54) is 23.9 Å². The van der Waals surface area contributed by atoms with Crippen molar-refractivity contribution in [1.29, 1.82) is 0 Å². The van der Waals surface area contributed by atoms with Crippen LogP contribution in [0.5, 0.6) is 5.75 Å². The Balaban J connectivity index is 1.63. The molecule has 0 aliphatic heterocycles. The van der Waals surface area contributed by atoms with E-state index in [1.807, 2.05) is 34.9 Å². The third-order valence-electron chi connectivity index (χ3n) is 4.61. The predicted octanol–water partition coefficient (Wildman–Crippen LogP) is 5.80. The molecule has 0 unspecified atom stereocenters. The number of methoxy groups -OCH3 is 1. The van der Waals surface area contributed by atoms with Crippen LogP contribution >= 0.6 is 11.8 Å². The molecule has 0 saturated carbocycles. The Morgan fingerprint density at radius 3 is 2.63 bits per heavy atom. The van der Waals surface area contributed by atoms with Gasteiger partial charge in [-0.05, 0) is 35.4 Å². The topological polar surface area (TPSA) is 39.9 Å². The summed E-state index contributed by atoms with van der Waals surface area (Å²) in [4.78, 5) is 8.87. The van der Waals surface area contributed by atoms with Crippen molar-refractivity contribution >= 4 is 22.8 Å².